The third-order valence-electron chi connectivity index (χ3n) is 1.68. The first kappa shape index (κ1) is 10.8. The molecule has 5 heteroatoms. The molecule has 0 rings (SSSR count). The van der Waals surface area contributed by atoms with Crippen LogP contribution >= 0.6 is 0 Å². The number of nitrogens with zero attached hydrogens (tertiary/aromatic N) is 2. The SMILES string of the molecule is CCN(C)C(O)(OO)N(C)C. The first-order valence-electron chi connectivity index (χ1n) is 3.42. The maximum Gasteiger partial charge on any atom is 0.322 e. The summed E-state index contributed by atoms with van der Waals surface area (Å²) in [5.41, 5.74) is 0. The molecule has 0 aliphatic carbocycles. The summed E-state index contributed by atoms with van der Waals surface area (Å²) in [5.74, 6) is 0. The van der Waals surface area contributed by atoms with E-state index in [0.29, 0.717) is 6.54 Å². The van der Waals surface area contributed by atoms with Gasteiger partial charge in [0.15, 0.2) is 0 Å². The topological polar surface area (TPSA) is 56.2 Å². The van der Waals surface area contributed by atoms with Gasteiger partial charge >= 0.3 is 6.03 Å². The quantitative estimate of drug-likeness (QED) is 0.336. The fourth-order valence-corrected chi connectivity index (χ4v) is 0.699. The van der Waals surface area contributed by atoms with Crippen LogP contribution in [0.4, 0.5) is 0 Å². The zero-order chi connectivity index (χ0) is 9.07. The number of hydrogen-bond donors (Lipinski definition) is 2. The Morgan fingerprint density at radius 1 is 1.36 bits per heavy atom. The molecule has 2 N–H and O–H groups in total. The van der Waals surface area contributed by atoms with E-state index in [1.54, 1.807) is 21.1 Å². The monoisotopic (exact) mass is 164 g/mol. The molecule has 0 spiro atoms. The van der Waals surface area contributed by atoms with Crippen molar-refractivity contribution in [2.24, 2.45) is 0 Å². The second-order valence-electron chi connectivity index (χ2n) is 2.57. The highest BCUT2D eigenvalue weighted by Gasteiger charge is 2.35. The molecule has 0 heterocycles. The fourth-order valence-electron chi connectivity index (χ4n) is 0.699. The third-order valence-corrected chi connectivity index (χ3v) is 1.68. The molecule has 0 aliphatic rings. The molecule has 0 saturated carbocycles. The van der Waals surface area contributed by atoms with Crippen molar-refractivity contribution in [3.05, 3.63) is 0 Å². The first-order chi connectivity index (χ1) is 4.99. The van der Waals surface area contributed by atoms with Gasteiger partial charge in [0.05, 0.1) is 0 Å². The van der Waals surface area contributed by atoms with Crippen molar-refractivity contribution in [1.29, 1.82) is 0 Å². The molecule has 0 bridgehead atoms. The van der Waals surface area contributed by atoms with Crippen molar-refractivity contribution < 1.29 is 15.3 Å². The van der Waals surface area contributed by atoms with E-state index in [4.69, 9.17) is 5.26 Å². The molecule has 1 unspecified atom stereocenters. The molecule has 68 valence electrons. The molecule has 0 fully saturated rings. The predicted octanol–water partition coefficient (Wildman–Crippen LogP) is -0.407. The molecule has 0 amide bonds. The van der Waals surface area contributed by atoms with E-state index in [-0.39, 0.29) is 0 Å². The van der Waals surface area contributed by atoms with Crippen LogP contribution in [-0.4, -0.2) is 53.9 Å². The number of aliphatic hydroxyl groups is 1. The molecule has 0 aliphatic heterocycles. The zero-order valence-corrected chi connectivity index (χ0v) is 7.40. The molecule has 5 nitrogen and oxygen atoms in total. The lowest BCUT2D eigenvalue weighted by Crippen LogP contribution is -2.58. The van der Waals surface area contributed by atoms with Crippen molar-refractivity contribution in [3.63, 3.8) is 0 Å². The maximum atomic E-state index is 9.55. The Morgan fingerprint density at radius 3 is 1.91 bits per heavy atom. The van der Waals surface area contributed by atoms with E-state index in [0.717, 1.165) is 0 Å². The minimum atomic E-state index is -1.73. The number of hydrogen-bond acceptors (Lipinski definition) is 5. The van der Waals surface area contributed by atoms with Crippen molar-refractivity contribution >= 4 is 0 Å². The van der Waals surface area contributed by atoms with E-state index in [1.807, 2.05) is 6.92 Å². The summed E-state index contributed by atoms with van der Waals surface area (Å²) in [5, 5.41) is 18.0. The van der Waals surface area contributed by atoms with Gasteiger partial charge in [0.2, 0.25) is 0 Å². The number of rotatable bonds is 4. The van der Waals surface area contributed by atoms with E-state index in [2.05, 4.69) is 4.89 Å². The zero-order valence-electron chi connectivity index (χ0n) is 7.40. The highest BCUT2D eigenvalue weighted by atomic mass is 17.2. The van der Waals surface area contributed by atoms with Gasteiger partial charge in [-0.2, -0.15) is 4.89 Å². The van der Waals surface area contributed by atoms with Crippen LogP contribution in [0.1, 0.15) is 6.92 Å². The van der Waals surface area contributed by atoms with Gasteiger partial charge in [-0.15, -0.1) is 0 Å². The lowest BCUT2D eigenvalue weighted by Gasteiger charge is -2.37. The minimum Gasteiger partial charge on any atom is -0.338 e. The van der Waals surface area contributed by atoms with Crippen molar-refractivity contribution in [1.82, 2.24) is 9.80 Å². The Labute approximate surface area is 66.7 Å². The van der Waals surface area contributed by atoms with Gasteiger partial charge in [-0.3, -0.25) is 0 Å². The Bertz CT molecular complexity index is 120. The normalized spacial score (nSPS) is 17.5. The van der Waals surface area contributed by atoms with Crippen LogP contribution in [-0.2, 0) is 4.89 Å². The van der Waals surface area contributed by atoms with Gasteiger partial charge in [-0.1, -0.05) is 6.92 Å². The Balaban J connectivity index is 4.32. The minimum absolute atomic E-state index is 0.565. The second-order valence-corrected chi connectivity index (χ2v) is 2.57. The van der Waals surface area contributed by atoms with Crippen molar-refractivity contribution in [2.45, 2.75) is 13.0 Å². The third kappa shape index (κ3) is 2.11. The predicted molar refractivity (Wildman–Crippen MR) is 40.7 cm³/mol. The van der Waals surface area contributed by atoms with Crippen LogP contribution < -0.4 is 0 Å². The van der Waals surface area contributed by atoms with Gasteiger partial charge in [-0.05, 0) is 21.1 Å². The standard InChI is InChI=1S/C6H16N2O3/c1-5-8(4)6(9,11-10)7(2)3/h9-10H,5H2,1-4H3. The van der Waals surface area contributed by atoms with Gasteiger partial charge in [0, 0.05) is 6.54 Å². The summed E-state index contributed by atoms with van der Waals surface area (Å²) in [6.07, 6.45) is 0. The lowest BCUT2D eigenvalue weighted by atomic mass is 10.5. The second kappa shape index (κ2) is 3.99. The lowest BCUT2D eigenvalue weighted by molar-refractivity contribution is -0.479. The van der Waals surface area contributed by atoms with Crippen LogP contribution in [0.2, 0.25) is 0 Å². The van der Waals surface area contributed by atoms with Crippen molar-refractivity contribution in [3.8, 4) is 0 Å². The van der Waals surface area contributed by atoms with Crippen LogP contribution in [0.5, 0.6) is 0 Å². The molecule has 0 aromatic rings. The molecule has 0 aromatic heterocycles. The molecule has 0 saturated heterocycles. The summed E-state index contributed by atoms with van der Waals surface area (Å²) in [4.78, 5) is 6.77. The Hall–Kier alpha value is -0.200. The summed E-state index contributed by atoms with van der Waals surface area (Å²) < 4.78 is 0. The van der Waals surface area contributed by atoms with Gasteiger partial charge in [-0.25, -0.2) is 15.1 Å². The summed E-state index contributed by atoms with van der Waals surface area (Å²) >= 11 is 0. The summed E-state index contributed by atoms with van der Waals surface area (Å²) in [6, 6.07) is -1.73. The van der Waals surface area contributed by atoms with E-state index >= 15 is 0 Å². The van der Waals surface area contributed by atoms with Gasteiger partial charge in [0.1, 0.15) is 0 Å². The van der Waals surface area contributed by atoms with E-state index < -0.39 is 6.03 Å². The fraction of sp³-hybridized carbons (Fsp3) is 1.00. The van der Waals surface area contributed by atoms with E-state index in [1.165, 1.54) is 9.80 Å². The molecule has 0 radical (unpaired) electrons. The maximum absolute atomic E-state index is 9.55. The summed E-state index contributed by atoms with van der Waals surface area (Å²) in [6.45, 7) is 2.41. The smallest absolute Gasteiger partial charge is 0.322 e. The Morgan fingerprint density at radius 2 is 1.82 bits per heavy atom. The van der Waals surface area contributed by atoms with Gasteiger partial charge in [0.25, 0.3) is 0 Å². The molecule has 1 atom stereocenters. The average molecular weight is 164 g/mol. The van der Waals surface area contributed by atoms with Crippen LogP contribution in [0.15, 0.2) is 0 Å². The molecule has 0 aromatic carbocycles. The van der Waals surface area contributed by atoms with Gasteiger partial charge < -0.3 is 5.11 Å². The average Bonchev–Trinajstić information content (AvgIpc) is 2.01. The summed E-state index contributed by atoms with van der Waals surface area (Å²) in [7, 11) is 4.83. The highest BCUT2D eigenvalue weighted by Crippen LogP contribution is 2.12. The van der Waals surface area contributed by atoms with Crippen LogP contribution in [0, 0.1) is 0 Å². The largest absolute Gasteiger partial charge is 0.338 e. The first-order valence-corrected chi connectivity index (χ1v) is 3.42. The molecule has 11 heavy (non-hydrogen) atoms. The molecular weight excluding hydrogens is 148 g/mol. The highest BCUT2D eigenvalue weighted by molar-refractivity contribution is 4.59. The Kier molecular flexibility index (Phi) is 3.91. The van der Waals surface area contributed by atoms with Crippen molar-refractivity contribution in [2.75, 3.05) is 27.7 Å². The molecular formula is C6H16N2O3. The van der Waals surface area contributed by atoms with E-state index in [9.17, 15) is 5.11 Å². The van der Waals surface area contributed by atoms with Crippen LogP contribution in [0.3, 0.4) is 0 Å². The van der Waals surface area contributed by atoms with Crippen LogP contribution in [0.25, 0.3) is 0 Å².